The third-order valence-electron chi connectivity index (χ3n) is 4.56. The van der Waals surface area contributed by atoms with Crippen molar-refractivity contribution >= 4 is 0 Å². The molecule has 1 aliphatic rings. The average Bonchev–Trinajstić information content (AvgIpc) is 2.70. The monoisotopic (exact) mass is 281 g/mol. The Hall–Kier alpha value is -0.960. The standard InChI is InChI=1S/C17H25F2N/c1-12(14-7-5-3-4-6-8-14)20-13(2)15-9-10-16(18)17(19)11-15/h9-14,20H,3-8H2,1-2H3/t12-,13?/m0/s1. The molecular weight excluding hydrogens is 256 g/mol. The van der Waals surface area contributed by atoms with Crippen LogP contribution in [0.1, 0.15) is 64.0 Å². The minimum absolute atomic E-state index is 0.0448. The molecule has 0 spiro atoms. The molecule has 1 fully saturated rings. The highest BCUT2D eigenvalue weighted by molar-refractivity contribution is 5.20. The van der Waals surface area contributed by atoms with E-state index < -0.39 is 11.6 Å². The molecule has 0 amide bonds. The van der Waals surface area contributed by atoms with Gasteiger partial charge in [-0.15, -0.1) is 0 Å². The number of halogens is 2. The summed E-state index contributed by atoms with van der Waals surface area (Å²) in [5, 5.41) is 3.55. The van der Waals surface area contributed by atoms with E-state index in [0.29, 0.717) is 12.0 Å². The van der Waals surface area contributed by atoms with Gasteiger partial charge in [0, 0.05) is 12.1 Å². The van der Waals surface area contributed by atoms with E-state index in [0.717, 1.165) is 5.56 Å². The Bertz CT molecular complexity index is 425. The molecule has 1 unspecified atom stereocenters. The zero-order valence-corrected chi connectivity index (χ0v) is 12.5. The second kappa shape index (κ2) is 7.16. The van der Waals surface area contributed by atoms with Crippen molar-refractivity contribution in [2.45, 2.75) is 64.5 Å². The van der Waals surface area contributed by atoms with E-state index in [9.17, 15) is 8.78 Å². The second-order valence-corrected chi connectivity index (χ2v) is 6.10. The summed E-state index contributed by atoms with van der Waals surface area (Å²) in [6.45, 7) is 4.23. The maximum Gasteiger partial charge on any atom is 0.159 e. The molecule has 0 heterocycles. The Morgan fingerprint density at radius 1 is 1.00 bits per heavy atom. The van der Waals surface area contributed by atoms with Crippen molar-refractivity contribution in [3.63, 3.8) is 0 Å². The van der Waals surface area contributed by atoms with Crippen molar-refractivity contribution in [2.75, 3.05) is 0 Å². The summed E-state index contributed by atoms with van der Waals surface area (Å²) in [5.41, 5.74) is 0.810. The quantitative estimate of drug-likeness (QED) is 0.768. The molecule has 0 aromatic heterocycles. The van der Waals surface area contributed by atoms with Crippen LogP contribution < -0.4 is 5.32 Å². The first kappa shape index (κ1) is 15.4. The summed E-state index contributed by atoms with van der Waals surface area (Å²) < 4.78 is 26.2. The van der Waals surface area contributed by atoms with Crippen LogP contribution in [0, 0.1) is 17.6 Å². The summed E-state index contributed by atoms with van der Waals surface area (Å²) in [5.74, 6) is -0.846. The normalized spacial score (nSPS) is 20.4. The van der Waals surface area contributed by atoms with E-state index in [4.69, 9.17) is 0 Å². The van der Waals surface area contributed by atoms with Gasteiger partial charge in [-0.25, -0.2) is 8.78 Å². The topological polar surface area (TPSA) is 12.0 Å². The van der Waals surface area contributed by atoms with Gasteiger partial charge in [-0.3, -0.25) is 0 Å². The number of benzene rings is 1. The Kier molecular flexibility index (Phi) is 5.53. The lowest BCUT2D eigenvalue weighted by molar-refractivity contribution is 0.316. The summed E-state index contributed by atoms with van der Waals surface area (Å²) in [7, 11) is 0. The fourth-order valence-corrected chi connectivity index (χ4v) is 3.22. The fourth-order valence-electron chi connectivity index (χ4n) is 3.22. The lowest BCUT2D eigenvalue weighted by atomic mass is 9.92. The molecule has 1 nitrogen and oxygen atoms in total. The Morgan fingerprint density at radius 3 is 2.25 bits per heavy atom. The highest BCUT2D eigenvalue weighted by Gasteiger charge is 2.21. The van der Waals surface area contributed by atoms with E-state index in [1.165, 1.54) is 50.7 Å². The molecule has 1 saturated carbocycles. The molecule has 1 aliphatic carbocycles. The molecule has 0 saturated heterocycles. The summed E-state index contributed by atoms with van der Waals surface area (Å²) in [6, 6.07) is 4.63. The van der Waals surface area contributed by atoms with E-state index >= 15 is 0 Å². The lowest BCUT2D eigenvalue weighted by Gasteiger charge is -2.27. The fraction of sp³-hybridized carbons (Fsp3) is 0.647. The molecule has 20 heavy (non-hydrogen) atoms. The van der Waals surface area contributed by atoms with E-state index in [2.05, 4.69) is 12.2 Å². The van der Waals surface area contributed by atoms with Gasteiger partial charge < -0.3 is 5.32 Å². The van der Waals surface area contributed by atoms with Crippen LogP contribution in [0.2, 0.25) is 0 Å². The van der Waals surface area contributed by atoms with Gasteiger partial charge in [-0.2, -0.15) is 0 Å². The van der Waals surface area contributed by atoms with Crippen LogP contribution in [0.3, 0.4) is 0 Å². The van der Waals surface area contributed by atoms with Crippen molar-refractivity contribution in [1.29, 1.82) is 0 Å². The van der Waals surface area contributed by atoms with Crippen LogP contribution in [0.4, 0.5) is 8.78 Å². The lowest BCUT2D eigenvalue weighted by Crippen LogP contribution is -2.35. The Balaban J connectivity index is 1.95. The third-order valence-corrected chi connectivity index (χ3v) is 4.56. The van der Waals surface area contributed by atoms with Crippen molar-refractivity contribution in [1.82, 2.24) is 5.32 Å². The van der Waals surface area contributed by atoms with Gasteiger partial charge in [-0.1, -0.05) is 31.7 Å². The molecule has 112 valence electrons. The highest BCUT2D eigenvalue weighted by Crippen LogP contribution is 2.27. The van der Waals surface area contributed by atoms with Crippen LogP contribution in [0.15, 0.2) is 18.2 Å². The van der Waals surface area contributed by atoms with E-state index in [1.54, 1.807) is 6.07 Å². The van der Waals surface area contributed by atoms with Crippen LogP contribution in [-0.4, -0.2) is 6.04 Å². The Morgan fingerprint density at radius 2 is 1.65 bits per heavy atom. The predicted molar refractivity (Wildman–Crippen MR) is 78.6 cm³/mol. The van der Waals surface area contributed by atoms with Gasteiger partial charge in [0.15, 0.2) is 11.6 Å². The van der Waals surface area contributed by atoms with Crippen LogP contribution in [0.25, 0.3) is 0 Å². The van der Waals surface area contributed by atoms with Gasteiger partial charge in [0.05, 0.1) is 0 Å². The number of rotatable bonds is 4. The maximum atomic E-state index is 13.3. The van der Waals surface area contributed by atoms with Crippen molar-refractivity contribution in [3.05, 3.63) is 35.4 Å². The molecular formula is C17H25F2N. The van der Waals surface area contributed by atoms with Crippen molar-refractivity contribution in [2.24, 2.45) is 5.92 Å². The molecule has 1 N–H and O–H groups in total. The third kappa shape index (κ3) is 4.02. The number of hydrogen-bond donors (Lipinski definition) is 1. The smallest absolute Gasteiger partial charge is 0.159 e. The minimum Gasteiger partial charge on any atom is -0.307 e. The largest absolute Gasteiger partial charge is 0.307 e. The summed E-state index contributed by atoms with van der Waals surface area (Å²) in [6.07, 6.45) is 7.88. The van der Waals surface area contributed by atoms with Crippen molar-refractivity contribution in [3.8, 4) is 0 Å². The minimum atomic E-state index is -0.780. The number of nitrogens with one attached hydrogen (secondary N) is 1. The first-order chi connectivity index (χ1) is 9.58. The van der Waals surface area contributed by atoms with Crippen molar-refractivity contribution < 1.29 is 8.78 Å². The SMILES string of the molecule is CC(N[C@@H](C)C1CCCCCC1)c1ccc(F)c(F)c1. The molecule has 1 aromatic carbocycles. The molecule has 3 heteroatoms. The van der Waals surface area contributed by atoms with Gasteiger partial charge >= 0.3 is 0 Å². The molecule has 0 bridgehead atoms. The van der Waals surface area contributed by atoms with E-state index in [1.807, 2.05) is 6.92 Å². The summed E-state index contributed by atoms with van der Waals surface area (Å²) in [4.78, 5) is 0. The summed E-state index contributed by atoms with van der Waals surface area (Å²) >= 11 is 0. The average molecular weight is 281 g/mol. The first-order valence-electron chi connectivity index (χ1n) is 7.79. The zero-order chi connectivity index (χ0) is 14.5. The van der Waals surface area contributed by atoms with E-state index in [-0.39, 0.29) is 6.04 Å². The first-order valence-corrected chi connectivity index (χ1v) is 7.79. The van der Waals surface area contributed by atoms with Crippen LogP contribution in [0.5, 0.6) is 0 Å². The molecule has 0 aliphatic heterocycles. The zero-order valence-electron chi connectivity index (χ0n) is 12.5. The Labute approximate surface area is 120 Å². The second-order valence-electron chi connectivity index (χ2n) is 6.10. The molecule has 1 aromatic rings. The van der Waals surface area contributed by atoms with Gasteiger partial charge in [0.25, 0.3) is 0 Å². The van der Waals surface area contributed by atoms with Crippen LogP contribution in [-0.2, 0) is 0 Å². The molecule has 2 rings (SSSR count). The van der Waals surface area contributed by atoms with Gasteiger partial charge in [-0.05, 0) is 50.3 Å². The van der Waals surface area contributed by atoms with Gasteiger partial charge in [0.2, 0.25) is 0 Å². The highest BCUT2D eigenvalue weighted by atomic mass is 19.2. The molecule has 2 atom stereocenters. The number of hydrogen-bond acceptors (Lipinski definition) is 1. The molecule has 0 radical (unpaired) electrons. The van der Waals surface area contributed by atoms with Crippen LogP contribution >= 0.6 is 0 Å². The maximum absolute atomic E-state index is 13.3. The predicted octanol–water partition coefficient (Wildman–Crippen LogP) is 4.97. The van der Waals surface area contributed by atoms with Gasteiger partial charge in [0.1, 0.15) is 0 Å².